The number of aromatic nitrogens is 3. The molecule has 5 N–H and O–H groups in total. The average Bonchev–Trinajstić information content (AvgIpc) is 3.55. The maximum atomic E-state index is 12.9. The molecule has 0 aromatic carbocycles. The standard InChI is InChI=1S/C36H66N6O/c1-34(21-11-9-7-5-4-6-8-10-16-29-26-30(29)17-14-23-34)22-12-13-25-42-28-32(40-41-42)19-20-33(43)39-36(3)27-31(37)18-15-24-35(36,2)38/h28-31H,4-27,37-38H2,1-3H3,(H,39,43). The van der Waals surface area contributed by atoms with Crippen molar-refractivity contribution in [1.29, 1.82) is 0 Å². The Balaban J connectivity index is 1.17. The van der Waals surface area contributed by atoms with Crippen molar-refractivity contribution in [3.63, 3.8) is 0 Å². The number of fused-ring (bicyclic) bond motifs is 1. The molecule has 3 aliphatic rings. The molecule has 4 rings (SSSR count). The fourth-order valence-electron chi connectivity index (χ4n) is 8.26. The lowest BCUT2D eigenvalue weighted by Gasteiger charge is -2.44. The van der Waals surface area contributed by atoms with Crippen molar-refractivity contribution in [2.75, 3.05) is 0 Å². The summed E-state index contributed by atoms with van der Waals surface area (Å²) in [5, 5.41) is 12.0. The Hall–Kier alpha value is -1.47. The summed E-state index contributed by atoms with van der Waals surface area (Å²) in [6, 6.07) is 0.0717. The highest BCUT2D eigenvalue weighted by molar-refractivity contribution is 5.77. The first-order valence-corrected chi connectivity index (χ1v) is 18.3. The average molecular weight is 599 g/mol. The molecule has 7 heteroatoms. The van der Waals surface area contributed by atoms with Crippen LogP contribution in [0.15, 0.2) is 6.20 Å². The topological polar surface area (TPSA) is 112 Å². The van der Waals surface area contributed by atoms with Crippen LogP contribution >= 0.6 is 0 Å². The zero-order valence-electron chi connectivity index (χ0n) is 28.2. The lowest BCUT2D eigenvalue weighted by molar-refractivity contribution is -0.123. The largest absolute Gasteiger partial charge is 0.349 e. The summed E-state index contributed by atoms with van der Waals surface area (Å²) in [4.78, 5) is 12.9. The number of rotatable bonds is 9. The lowest BCUT2D eigenvalue weighted by Crippen LogP contribution is -2.66. The molecule has 3 fully saturated rings. The van der Waals surface area contributed by atoms with Crippen molar-refractivity contribution in [3.8, 4) is 0 Å². The molecule has 0 bridgehead atoms. The molecule has 6 atom stereocenters. The van der Waals surface area contributed by atoms with E-state index in [0.717, 1.165) is 49.8 Å². The Morgan fingerprint density at radius 2 is 1.56 bits per heavy atom. The van der Waals surface area contributed by atoms with Gasteiger partial charge in [0.2, 0.25) is 5.91 Å². The van der Waals surface area contributed by atoms with Crippen molar-refractivity contribution >= 4 is 5.91 Å². The highest BCUT2D eigenvalue weighted by Gasteiger charge is 2.45. The lowest BCUT2D eigenvalue weighted by atomic mass is 9.75. The van der Waals surface area contributed by atoms with Crippen LogP contribution in [0, 0.1) is 17.3 Å². The van der Waals surface area contributed by atoms with Crippen molar-refractivity contribution in [3.05, 3.63) is 11.9 Å². The van der Waals surface area contributed by atoms with Crippen LogP contribution in [-0.2, 0) is 17.8 Å². The van der Waals surface area contributed by atoms with E-state index >= 15 is 0 Å². The van der Waals surface area contributed by atoms with Crippen LogP contribution in [-0.4, -0.2) is 38.0 Å². The van der Waals surface area contributed by atoms with E-state index in [9.17, 15) is 4.79 Å². The third-order valence-corrected chi connectivity index (χ3v) is 11.8. The van der Waals surface area contributed by atoms with Crippen molar-refractivity contribution in [2.45, 2.75) is 192 Å². The molecule has 7 nitrogen and oxygen atoms in total. The van der Waals surface area contributed by atoms with Gasteiger partial charge in [0, 0.05) is 37.2 Å². The number of hydrogen-bond acceptors (Lipinski definition) is 5. The number of amides is 1. The van der Waals surface area contributed by atoms with E-state index in [2.05, 4.69) is 29.5 Å². The second-order valence-electron chi connectivity index (χ2n) is 15.9. The minimum Gasteiger partial charge on any atom is -0.349 e. The maximum Gasteiger partial charge on any atom is 0.220 e. The molecule has 0 radical (unpaired) electrons. The minimum absolute atomic E-state index is 0.0162. The van der Waals surface area contributed by atoms with E-state index in [1.165, 1.54) is 103 Å². The number of unbranched alkanes of at least 4 members (excludes halogenated alkanes) is 1. The highest BCUT2D eigenvalue weighted by Crippen LogP contribution is 2.47. The molecule has 6 unspecified atom stereocenters. The predicted octanol–water partition coefficient (Wildman–Crippen LogP) is 7.60. The number of aryl methyl sites for hydroxylation is 2. The second-order valence-corrected chi connectivity index (χ2v) is 15.9. The number of hydrogen-bond donors (Lipinski definition) is 3. The molecule has 3 aliphatic carbocycles. The zero-order valence-corrected chi connectivity index (χ0v) is 28.2. The summed E-state index contributed by atoms with van der Waals surface area (Å²) in [7, 11) is 0. The fourth-order valence-corrected chi connectivity index (χ4v) is 8.26. The van der Waals surface area contributed by atoms with Gasteiger partial charge in [-0.2, -0.15) is 0 Å². The SMILES string of the molecule is CC1(CCCCn2cc(CCC(=O)NC3(C)CC(N)CCCC3(C)N)nn2)CCCCCCCCCCC2CC2CCC1. The van der Waals surface area contributed by atoms with Crippen LogP contribution in [0.2, 0.25) is 0 Å². The van der Waals surface area contributed by atoms with Gasteiger partial charge in [0.15, 0.2) is 0 Å². The van der Waals surface area contributed by atoms with Crippen molar-refractivity contribution in [2.24, 2.45) is 28.7 Å². The van der Waals surface area contributed by atoms with Gasteiger partial charge < -0.3 is 16.8 Å². The van der Waals surface area contributed by atoms with Crippen LogP contribution in [0.4, 0.5) is 0 Å². The minimum atomic E-state index is -0.501. The monoisotopic (exact) mass is 599 g/mol. The molecule has 1 heterocycles. The van der Waals surface area contributed by atoms with Gasteiger partial charge in [-0.15, -0.1) is 5.10 Å². The summed E-state index contributed by atoms with van der Waals surface area (Å²) in [6.07, 6.45) is 30.5. The quantitative estimate of drug-likeness (QED) is 0.200. The van der Waals surface area contributed by atoms with E-state index in [-0.39, 0.29) is 11.9 Å². The normalized spacial score (nSPS) is 35.0. The van der Waals surface area contributed by atoms with Crippen LogP contribution < -0.4 is 16.8 Å². The molecule has 1 aromatic rings. The summed E-state index contributed by atoms with van der Waals surface area (Å²) in [6.45, 7) is 7.59. The van der Waals surface area contributed by atoms with E-state index in [1.54, 1.807) is 0 Å². The summed E-state index contributed by atoms with van der Waals surface area (Å²) in [5.41, 5.74) is 13.4. The summed E-state index contributed by atoms with van der Waals surface area (Å²) < 4.78 is 1.98. The van der Waals surface area contributed by atoms with Crippen molar-refractivity contribution < 1.29 is 4.79 Å². The molecule has 1 amide bonds. The maximum absolute atomic E-state index is 12.9. The van der Waals surface area contributed by atoms with Gasteiger partial charge in [0.05, 0.1) is 11.2 Å². The van der Waals surface area contributed by atoms with Crippen LogP contribution in [0.25, 0.3) is 0 Å². The van der Waals surface area contributed by atoms with E-state index in [0.29, 0.717) is 24.7 Å². The third kappa shape index (κ3) is 11.1. The van der Waals surface area contributed by atoms with Gasteiger partial charge in [-0.25, -0.2) is 0 Å². The molecule has 246 valence electrons. The van der Waals surface area contributed by atoms with Gasteiger partial charge in [0.25, 0.3) is 0 Å². The Bertz CT molecular complexity index is 977. The number of nitrogens with two attached hydrogens (primary N) is 2. The number of nitrogens with zero attached hydrogens (tertiary/aromatic N) is 3. The summed E-state index contributed by atoms with van der Waals surface area (Å²) >= 11 is 0. The van der Waals surface area contributed by atoms with E-state index in [1.807, 2.05) is 17.8 Å². The fraction of sp³-hybridized carbons (Fsp3) is 0.917. The van der Waals surface area contributed by atoms with E-state index < -0.39 is 11.1 Å². The molecular formula is C36H66N6O. The third-order valence-electron chi connectivity index (χ3n) is 11.8. The predicted molar refractivity (Wildman–Crippen MR) is 178 cm³/mol. The van der Waals surface area contributed by atoms with Gasteiger partial charge >= 0.3 is 0 Å². The Kier molecular flexibility index (Phi) is 13.0. The summed E-state index contributed by atoms with van der Waals surface area (Å²) in [5.74, 6) is 2.12. The van der Waals surface area contributed by atoms with Crippen LogP contribution in [0.1, 0.15) is 168 Å². The number of carbonyl (C=O) groups is 1. The first-order valence-electron chi connectivity index (χ1n) is 18.3. The molecule has 43 heavy (non-hydrogen) atoms. The Morgan fingerprint density at radius 1 is 0.907 bits per heavy atom. The highest BCUT2D eigenvalue weighted by atomic mass is 16.1. The molecular weight excluding hydrogens is 532 g/mol. The second kappa shape index (κ2) is 16.2. The Morgan fingerprint density at radius 3 is 2.33 bits per heavy atom. The molecule has 0 saturated heterocycles. The van der Waals surface area contributed by atoms with Crippen molar-refractivity contribution in [1.82, 2.24) is 20.3 Å². The molecule has 0 spiro atoms. The first kappa shape index (κ1) is 34.4. The van der Waals surface area contributed by atoms with Gasteiger partial charge in [0.1, 0.15) is 0 Å². The molecule has 1 aromatic heterocycles. The van der Waals surface area contributed by atoms with Gasteiger partial charge in [-0.1, -0.05) is 95.6 Å². The number of nitrogens with one attached hydrogen (secondary N) is 1. The number of carbonyl (C=O) groups excluding carboxylic acids is 1. The van der Waals surface area contributed by atoms with Crippen LogP contribution in [0.5, 0.6) is 0 Å². The first-order chi connectivity index (χ1) is 20.6. The molecule has 0 aliphatic heterocycles. The smallest absolute Gasteiger partial charge is 0.220 e. The zero-order chi connectivity index (χ0) is 30.8. The van der Waals surface area contributed by atoms with Gasteiger partial charge in [-0.05, 0) is 82.5 Å². The van der Waals surface area contributed by atoms with Gasteiger partial charge in [-0.3, -0.25) is 9.48 Å². The van der Waals surface area contributed by atoms with E-state index in [4.69, 9.17) is 11.5 Å². The molecule has 3 saturated carbocycles. The Labute approximate surface area is 263 Å². The van der Waals surface area contributed by atoms with Crippen LogP contribution in [0.3, 0.4) is 0 Å².